The lowest BCUT2D eigenvalue weighted by Gasteiger charge is -2.45. The van der Waals surface area contributed by atoms with Crippen LogP contribution in [0.4, 0.5) is 9.59 Å². The van der Waals surface area contributed by atoms with E-state index in [1.807, 2.05) is 26.0 Å². The van der Waals surface area contributed by atoms with Gasteiger partial charge in [0.15, 0.2) is 6.29 Å². The molecule has 10 nitrogen and oxygen atoms in total. The Bertz CT molecular complexity index is 1380. The second-order valence-electron chi connectivity index (χ2n) is 15.3. The number of nitrogens with zero attached hydrogens (tertiary/aromatic N) is 3. The van der Waals surface area contributed by atoms with Gasteiger partial charge >= 0.3 is 12.2 Å². The molecule has 256 valence electrons. The predicted molar refractivity (Wildman–Crippen MR) is 189 cm³/mol. The Kier molecular flexibility index (Phi) is 11.4. The summed E-state index contributed by atoms with van der Waals surface area (Å²) in [6, 6.07) is 21.2. The third-order valence-corrected chi connectivity index (χ3v) is 13.4. The van der Waals surface area contributed by atoms with Crippen molar-refractivity contribution in [1.29, 1.82) is 0 Å². The molecule has 2 aliphatic rings. The molecular formula is C36H53N5O5Si. The van der Waals surface area contributed by atoms with Crippen LogP contribution < -0.4 is 21.4 Å². The Morgan fingerprint density at radius 2 is 1.55 bits per heavy atom. The van der Waals surface area contributed by atoms with Crippen LogP contribution in [0.5, 0.6) is 0 Å². The Morgan fingerprint density at radius 3 is 2.09 bits per heavy atom. The summed E-state index contributed by atoms with van der Waals surface area (Å²) in [6.45, 7) is 19.3. The van der Waals surface area contributed by atoms with Gasteiger partial charge in [0.2, 0.25) is 0 Å². The third kappa shape index (κ3) is 9.31. The first-order valence-corrected chi connectivity index (χ1v) is 18.3. The minimum atomic E-state index is -2.73. The van der Waals surface area contributed by atoms with Gasteiger partial charge in [-0.1, -0.05) is 102 Å². The van der Waals surface area contributed by atoms with Crippen LogP contribution in [-0.2, 0) is 13.9 Å². The van der Waals surface area contributed by atoms with Gasteiger partial charge in [0.05, 0.1) is 6.61 Å². The molecule has 47 heavy (non-hydrogen) atoms. The second-order valence-corrected chi connectivity index (χ2v) is 19.6. The van der Waals surface area contributed by atoms with Crippen molar-refractivity contribution in [1.82, 2.24) is 15.1 Å². The number of rotatable bonds is 10. The summed E-state index contributed by atoms with van der Waals surface area (Å²) in [5, 5.41) is 5.96. The van der Waals surface area contributed by atoms with Crippen LogP contribution >= 0.6 is 0 Å². The maximum atomic E-state index is 13.8. The molecule has 0 radical (unpaired) electrons. The first kappa shape index (κ1) is 36.3. The van der Waals surface area contributed by atoms with Crippen LogP contribution in [0.2, 0.25) is 5.04 Å². The zero-order chi connectivity index (χ0) is 34.5. The monoisotopic (exact) mass is 663 g/mol. The van der Waals surface area contributed by atoms with Gasteiger partial charge in [0, 0.05) is 43.7 Å². The van der Waals surface area contributed by atoms with Crippen molar-refractivity contribution < 1.29 is 23.5 Å². The number of piperazine rings is 1. The van der Waals surface area contributed by atoms with E-state index in [-0.39, 0.29) is 23.1 Å². The van der Waals surface area contributed by atoms with Gasteiger partial charge in [-0.25, -0.2) is 14.5 Å². The maximum absolute atomic E-state index is 13.8. The summed E-state index contributed by atoms with van der Waals surface area (Å²) < 4.78 is 18.3. The van der Waals surface area contributed by atoms with Crippen molar-refractivity contribution in [2.75, 3.05) is 32.8 Å². The zero-order valence-electron chi connectivity index (χ0n) is 29.3. The van der Waals surface area contributed by atoms with Crippen LogP contribution in [0.15, 0.2) is 77.4 Å². The lowest BCUT2D eigenvalue weighted by molar-refractivity contribution is -0.0258. The lowest BCUT2D eigenvalue weighted by Crippen LogP contribution is -2.68. The quantitative estimate of drug-likeness (QED) is 0.350. The van der Waals surface area contributed by atoms with E-state index in [0.29, 0.717) is 38.2 Å². The van der Waals surface area contributed by atoms with Gasteiger partial charge in [-0.3, -0.25) is 9.89 Å². The number of amides is 2. The van der Waals surface area contributed by atoms with Crippen LogP contribution in [0.1, 0.15) is 61.8 Å². The number of nitrogens with one attached hydrogen (secondary N) is 1. The van der Waals surface area contributed by atoms with E-state index in [0.717, 1.165) is 0 Å². The minimum Gasteiger partial charge on any atom is -0.445 e. The van der Waals surface area contributed by atoms with Gasteiger partial charge in [0.1, 0.15) is 12.2 Å². The Balaban J connectivity index is 1.58. The summed E-state index contributed by atoms with van der Waals surface area (Å²) in [4.78, 5) is 33.5. The molecule has 4 rings (SSSR count). The molecule has 2 heterocycles. The molecule has 2 amide bonds. The number of ether oxygens (including phenoxy) is 2. The fourth-order valence-electron chi connectivity index (χ4n) is 6.92. The molecule has 0 aromatic heterocycles. The van der Waals surface area contributed by atoms with Crippen molar-refractivity contribution in [3.63, 3.8) is 0 Å². The Morgan fingerprint density at radius 1 is 0.957 bits per heavy atom. The van der Waals surface area contributed by atoms with Crippen molar-refractivity contribution in [2.45, 2.75) is 84.8 Å². The van der Waals surface area contributed by atoms with Crippen molar-refractivity contribution in [2.24, 2.45) is 16.1 Å². The molecule has 1 saturated heterocycles. The average molecular weight is 664 g/mol. The van der Waals surface area contributed by atoms with Gasteiger partial charge in [0.25, 0.3) is 8.32 Å². The van der Waals surface area contributed by atoms with Crippen LogP contribution in [0, 0.1) is 5.41 Å². The highest BCUT2D eigenvalue weighted by molar-refractivity contribution is 6.99. The summed E-state index contributed by atoms with van der Waals surface area (Å²) in [5.41, 5.74) is 4.98. The molecule has 1 fully saturated rings. The van der Waals surface area contributed by atoms with E-state index in [4.69, 9.17) is 24.6 Å². The van der Waals surface area contributed by atoms with Gasteiger partial charge < -0.3 is 25.0 Å². The molecule has 2 aliphatic heterocycles. The fourth-order valence-corrected chi connectivity index (χ4v) is 11.5. The van der Waals surface area contributed by atoms with Crippen LogP contribution in [-0.4, -0.2) is 87.3 Å². The largest absolute Gasteiger partial charge is 0.445 e. The van der Waals surface area contributed by atoms with Crippen LogP contribution in [0.3, 0.4) is 0 Å². The van der Waals surface area contributed by atoms with E-state index in [9.17, 15) is 9.59 Å². The Labute approximate surface area is 281 Å². The lowest BCUT2D eigenvalue weighted by atomic mass is 9.84. The fraction of sp³-hybridized carbons (Fsp3) is 0.528. The van der Waals surface area contributed by atoms with E-state index in [2.05, 4.69) is 100 Å². The third-order valence-electron chi connectivity index (χ3n) is 8.37. The van der Waals surface area contributed by atoms with Gasteiger partial charge in [-0.05, 0) is 41.1 Å². The molecule has 2 aromatic carbocycles. The first-order valence-electron chi connectivity index (χ1n) is 16.4. The van der Waals surface area contributed by atoms with Gasteiger partial charge in [-0.15, -0.1) is 0 Å². The summed E-state index contributed by atoms with van der Waals surface area (Å²) in [7, 11) is -2.73. The standard InChI is InChI=1S/C36H53N5O5Si/c1-34(2,3)26-36(7,8)46-33(43)41-22-27(24-44-31(37)42)21-39-32(41)40-20-19-38-28(23-40)25-45-47(35(4,5)6,29-15-11-9-12-16-29)30-17-13-10-14-18-30/h9-18,21-22,28,32,38H,19-20,23-26H2,1-8H3,(H2,37,42)/t28?,32-/m0/s1. The summed E-state index contributed by atoms with van der Waals surface area (Å²) >= 11 is 0. The van der Waals surface area contributed by atoms with E-state index in [1.54, 1.807) is 12.4 Å². The molecule has 0 spiro atoms. The number of aliphatic imine (C=N–C) groups is 1. The number of carbonyl (C=O) groups is 2. The van der Waals surface area contributed by atoms with E-state index in [1.165, 1.54) is 15.3 Å². The molecule has 0 aliphatic carbocycles. The highest BCUT2D eigenvalue weighted by Crippen LogP contribution is 2.37. The SMILES string of the molecule is CC(C)(C)CC(C)(C)OC(=O)N1C=C(COC(N)=O)C=N[C@H]1N1CCNC(CO[Si](c2ccccc2)(c2ccccc2)C(C)(C)C)C1. The first-order chi connectivity index (χ1) is 22.0. The number of hydrogen-bond donors (Lipinski definition) is 2. The molecule has 0 bridgehead atoms. The average Bonchev–Trinajstić information content (AvgIpc) is 2.99. The number of primary amides is 1. The summed E-state index contributed by atoms with van der Waals surface area (Å²) in [5.74, 6) is 0. The number of nitrogens with two attached hydrogens (primary N) is 1. The molecule has 0 saturated carbocycles. The highest BCUT2D eigenvalue weighted by Gasteiger charge is 2.50. The molecule has 2 aromatic rings. The zero-order valence-corrected chi connectivity index (χ0v) is 30.3. The van der Waals surface area contributed by atoms with E-state index < -0.39 is 32.4 Å². The molecule has 2 atom stereocenters. The number of hydrogen-bond acceptors (Lipinski definition) is 8. The molecule has 3 N–H and O–H groups in total. The number of carbonyl (C=O) groups excluding carboxylic acids is 2. The van der Waals surface area contributed by atoms with Crippen molar-refractivity contribution in [3.8, 4) is 0 Å². The smallest absolute Gasteiger partial charge is 0.417 e. The van der Waals surface area contributed by atoms with E-state index >= 15 is 0 Å². The summed E-state index contributed by atoms with van der Waals surface area (Å²) in [6.07, 6.45) is 1.90. The maximum Gasteiger partial charge on any atom is 0.417 e. The van der Waals surface area contributed by atoms with Crippen molar-refractivity contribution in [3.05, 3.63) is 72.4 Å². The predicted octanol–water partition coefficient (Wildman–Crippen LogP) is 4.84. The minimum absolute atomic E-state index is 0.0145. The molecular weight excluding hydrogens is 611 g/mol. The van der Waals surface area contributed by atoms with Gasteiger partial charge in [-0.2, -0.15) is 0 Å². The second kappa shape index (κ2) is 14.7. The highest BCUT2D eigenvalue weighted by atomic mass is 28.4. The normalized spacial score (nSPS) is 19.7. The van der Waals surface area contributed by atoms with Crippen LogP contribution in [0.25, 0.3) is 0 Å². The topological polar surface area (TPSA) is 119 Å². The molecule has 1 unspecified atom stereocenters. The Hall–Kier alpha value is -3.51. The van der Waals surface area contributed by atoms with Crippen molar-refractivity contribution >= 4 is 37.1 Å². The number of benzene rings is 2. The molecule has 11 heteroatoms.